The van der Waals surface area contributed by atoms with Crippen molar-refractivity contribution in [1.82, 2.24) is 0 Å². The van der Waals surface area contributed by atoms with Gasteiger partial charge in [-0.1, -0.05) is 0 Å². The van der Waals surface area contributed by atoms with E-state index >= 15 is 0 Å². The lowest BCUT2D eigenvalue weighted by molar-refractivity contribution is -0.188. The fraction of sp³-hybridized carbons (Fsp3) is 1.00. The summed E-state index contributed by atoms with van der Waals surface area (Å²) < 4.78 is 11.1. The van der Waals surface area contributed by atoms with Gasteiger partial charge in [-0.05, 0) is 50.9 Å². The Bertz CT molecular complexity index is 274. The highest BCUT2D eigenvalue weighted by Crippen LogP contribution is 2.57. The molecule has 0 spiro atoms. The Hall–Kier alpha value is -0.160. The van der Waals surface area contributed by atoms with E-state index in [0.29, 0.717) is 5.92 Å². The van der Waals surface area contributed by atoms with Crippen LogP contribution < -0.4 is 0 Å². The number of rotatable bonds is 3. The number of fused-ring (bicyclic) bond motifs is 1. The highest BCUT2D eigenvalue weighted by Gasteiger charge is 2.57. The maximum Gasteiger partial charge on any atom is 0.157 e. The predicted molar refractivity (Wildman–Crippen MR) is 65.9 cm³/mol. The van der Waals surface area contributed by atoms with E-state index in [1.54, 1.807) is 0 Å². The largest absolute Gasteiger partial charge is 0.392 e. The Balaban J connectivity index is 1.64. The minimum Gasteiger partial charge on any atom is -0.392 e. The second-order valence-corrected chi connectivity index (χ2v) is 6.06. The van der Waals surface area contributed by atoms with Gasteiger partial charge in [-0.2, -0.15) is 0 Å². The van der Waals surface area contributed by atoms with Gasteiger partial charge in [0.25, 0.3) is 0 Å². The molecular formula is C14H24O4. The van der Waals surface area contributed by atoms with Crippen molar-refractivity contribution in [2.24, 2.45) is 11.3 Å². The third-order valence-electron chi connectivity index (χ3n) is 5.29. The molecule has 0 amide bonds. The fourth-order valence-electron chi connectivity index (χ4n) is 4.31. The van der Waals surface area contributed by atoms with Gasteiger partial charge in [0.2, 0.25) is 0 Å². The van der Waals surface area contributed by atoms with Crippen LogP contribution in [0.2, 0.25) is 0 Å². The molecule has 1 saturated heterocycles. The Morgan fingerprint density at radius 2 is 1.56 bits per heavy atom. The molecule has 18 heavy (non-hydrogen) atoms. The third kappa shape index (κ3) is 1.99. The van der Waals surface area contributed by atoms with Gasteiger partial charge < -0.3 is 19.7 Å². The van der Waals surface area contributed by atoms with Gasteiger partial charge in [0.05, 0.1) is 25.4 Å². The first kappa shape index (κ1) is 12.9. The fourth-order valence-corrected chi connectivity index (χ4v) is 4.31. The van der Waals surface area contributed by atoms with Gasteiger partial charge in [-0.25, -0.2) is 0 Å². The van der Waals surface area contributed by atoms with Gasteiger partial charge in [0.15, 0.2) is 6.29 Å². The number of aliphatic hydroxyl groups excluding tert-OH is 2. The van der Waals surface area contributed by atoms with Crippen molar-refractivity contribution in [3.63, 3.8) is 0 Å². The van der Waals surface area contributed by atoms with Gasteiger partial charge in [0.1, 0.15) is 0 Å². The summed E-state index contributed by atoms with van der Waals surface area (Å²) in [6.07, 6.45) is 5.57. The summed E-state index contributed by atoms with van der Waals surface area (Å²) in [5, 5.41) is 20.6. The Labute approximate surface area is 108 Å². The van der Waals surface area contributed by atoms with Crippen LogP contribution in [0.1, 0.15) is 44.9 Å². The summed E-state index contributed by atoms with van der Waals surface area (Å²) in [4.78, 5) is 0. The molecule has 0 aromatic heterocycles. The molecular weight excluding hydrogens is 232 g/mol. The van der Waals surface area contributed by atoms with Crippen molar-refractivity contribution in [2.75, 3.05) is 13.2 Å². The zero-order valence-electron chi connectivity index (χ0n) is 10.9. The smallest absolute Gasteiger partial charge is 0.157 e. The van der Waals surface area contributed by atoms with Gasteiger partial charge in [0, 0.05) is 5.41 Å². The molecule has 1 aliphatic heterocycles. The summed E-state index contributed by atoms with van der Waals surface area (Å²) in [6, 6.07) is 0. The zero-order valence-corrected chi connectivity index (χ0v) is 10.9. The van der Waals surface area contributed by atoms with Crippen LogP contribution in [0.25, 0.3) is 0 Å². The van der Waals surface area contributed by atoms with Crippen molar-refractivity contribution < 1.29 is 19.7 Å². The first-order valence-electron chi connectivity index (χ1n) is 7.33. The van der Waals surface area contributed by atoms with Gasteiger partial charge in [-0.15, -0.1) is 0 Å². The Kier molecular flexibility index (Phi) is 3.63. The molecule has 0 unspecified atom stereocenters. The molecule has 2 aliphatic carbocycles. The lowest BCUT2D eigenvalue weighted by Crippen LogP contribution is -2.42. The van der Waals surface area contributed by atoms with Crippen molar-refractivity contribution in [1.29, 1.82) is 0 Å². The predicted octanol–water partition coefficient (Wildman–Crippen LogP) is 1.44. The number of hydrogen-bond donors (Lipinski definition) is 2. The van der Waals surface area contributed by atoms with Crippen LogP contribution in [0.3, 0.4) is 0 Å². The number of hydrogen-bond acceptors (Lipinski definition) is 4. The van der Waals surface area contributed by atoms with Crippen LogP contribution in [-0.2, 0) is 9.47 Å². The van der Waals surface area contributed by atoms with Crippen LogP contribution in [0, 0.1) is 11.3 Å². The average Bonchev–Trinajstić information content (AvgIpc) is 2.89. The quantitative estimate of drug-likeness (QED) is 0.802. The molecule has 3 rings (SSSR count). The summed E-state index contributed by atoms with van der Waals surface area (Å²) >= 11 is 0. The molecule has 0 aromatic rings. The zero-order chi connectivity index (χ0) is 12.6. The van der Waals surface area contributed by atoms with E-state index in [9.17, 15) is 10.2 Å². The van der Waals surface area contributed by atoms with Crippen molar-refractivity contribution in [3.05, 3.63) is 0 Å². The molecule has 2 saturated carbocycles. The van der Waals surface area contributed by atoms with Crippen LogP contribution in [0.4, 0.5) is 0 Å². The summed E-state index contributed by atoms with van der Waals surface area (Å²) in [7, 11) is 0. The highest BCUT2D eigenvalue weighted by molar-refractivity contribution is 5.06. The van der Waals surface area contributed by atoms with Crippen LogP contribution in [0.15, 0.2) is 0 Å². The molecule has 3 fully saturated rings. The maximum atomic E-state index is 10.3. The minimum atomic E-state index is -0.344. The van der Waals surface area contributed by atoms with E-state index in [2.05, 4.69) is 0 Å². The highest BCUT2D eigenvalue weighted by atomic mass is 16.7. The summed E-state index contributed by atoms with van der Waals surface area (Å²) in [6.45, 7) is 1.54. The first-order valence-corrected chi connectivity index (χ1v) is 7.33. The third-order valence-corrected chi connectivity index (χ3v) is 5.29. The molecule has 0 aromatic carbocycles. The summed E-state index contributed by atoms with van der Waals surface area (Å²) in [5.74, 6) is 0.492. The van der Waals surface area contributed by atoms with Crippen molar-refractivity contribution >= 4 is 0 Å². The monoisotopic (exact) mass is 256 g/mol. The topological polar surface area (TPSA) is 58.9 Å². The van der Waals surface area contributed by atoms with E-state index in [1.807, 2.05) is 0 Å². The molecule has 2 atom stereocenters. The van der Waals surface area contributed by atoms with Gasteiger partial charge in [-0.3, -0.25) is 0 Å². The van der Waals surface area contributed by atoms with E-state index in [4.69, 9.17) is 9.47 Å². The second kappa shape index (κ2) is 5.08. The molecule has 0 bridgehead atoms. The van der Waals surface area contributed by atoms with E-state index < -0.39 is 0 Å². The molecule has 2 N–H and O–H groups in total. The average molecular weight is 256 g/mol. The van der Waals surface area contributed by atoms with Crippen molar-refractivity contribution in [2.45, 2.75) is 63.4 Å². The molecule has 0 radical (unpaired) electrons. The molecule has 4 nitrogen and oxygen atoms in total. The standard InChI is InChI=1S/C14H24O4/c15-11-4-2-10-3-5-12(16)14(10,11)7-6-13-17-8-1-9-18-13/h10-13,15-16H,1-9H2/t10?,11-,12-,14?/m1/s1. The van der Waals surface area contributed by atoms with Crippen LogP contribution in [0.5, 0.6) is 0 Å². The normalized spacial score (nSPS) is 45.3. The van der Waals surface area contributed by atoms with Gasteiger partial charge >= 0.3 is 0 Å². The molecule has 104 valence electrons. The molecule has 4 heteroatoms. The summed E-state index contributed by atoms with van der Waals surface area (Å²) in [5.41, 5.74) is -0.274. The van der Waals surface area contributed by atoms with Crippen LogP contribution in [-0.4, -0.2) is 41.9 Å². The lowest BCUT2D eigenvalue weighted by atomic mass is 9.73. The minimum absolute atomic E-state index is 0.130. The first-order chi connectivity index (χ1) is 8.73. The van der Waals surface area contributed by atoms with E-state index in [0.717, 1.165) is 58.2 Å². The van der Waals surface area contributed by atoms with E-state index in [1.165, 1.54) is 0 Å². The molecule has 3 aliphatic rings. The van der Waals surface area contributed by atoms with Crippen molar-refractivity contribution in [3.8, 4) is 0 Å². The Morgan fingerprint density at radius 1 is 0.944 bits per heavy atom. The SMILES string of the molecule is O[C@@H]1CCC2CC[C@@H](O)C21CCC1OCCCO1. The van der Waals surface area contributed by atoms with Crippen LogP contribution >= 0.6 is 0 Å². The lowest BCUT2D eigenvalue weighted by Gasteiger charge is -2.37. The number of aliphatic hydroxyl groups is 2. The number of ether oxygens (including phenoxy) is 2. The van der Waals surface area contributed by atoms with E-state index in [-0.39, 0.29) is 23.9 Å². The maximum absolute atomic E-state index is 10.3. The Morgan fingerprint density at radius 3 is 2.17 bits per heavy atom. The molecule has 1 heterocycles. The second-order valence-electron chi connectivity index (χ2n) is 6.06.